The first-order chi connectivity index (χ1) is 8.02. The van der Waals surface area contributed by atoms with Gasteiger partial charge >= 0.3 is 24.2 Å². The number of rotatable bonds is 4. The Balaban J connectivity index is -0.0000000392. The molecule has 0 radical (unpaired) electrons. The van der Waals surface area contributed by atoms with Gasteiger partial charge in [0.05, 0.1) is 0 Å². The zero-order valence-corrected chi connectivity index (χ0v) is 9.90. The summed E-state index contributed by atoms with van der Waals surface area (Å²) in [6.07, 6.45) is -13.6. The van der Waals surface area contributed by atoms with Gasteiger partial charge in [-0.15, -0.1) is 0 Å². The van der Waals surface area contributed by atoms with Crippen molar-refractivity contribution in [3.63, 3.8) is 0 Å². The van der Waals surface area contributed by atoms with Crippen molar-refractivity contribution in [2.45, 2.75) is 102 Å². The van der Waals surface area contributed by atoms with E-state index < -0.39 is 37.0 Å². The van der Waals surface area contributed by atoms with E-state index in [4.69, 9.17) is 0 Å². The van der Waals surface area contributed by atoms with Gasteiger partial charge in [0, 0.05) is 13.3 Å². The molecule has 0 nitrogen and oxygen atoms in total. The largest absolute Gasteiger partial charge is 0.395 e. The molecular weight excluding hydrogens is 370 g/mol. The highest BCUT2D eigenvalue weighted by atomic mass is 19.4. The maximum atomic E-state index is 12.5. The second-order valence-electron chi connectivity index (χ2n) is 3.73. The fourth-order valence-electron chi connectivity index (χ4n) is 0.878. The number of hydrogen-bond donors (Lipinski definition) is 0. The van der Waals surface area contributed by atoms with E-state index in [1.54, 1.807) is 0 Å². The number of alkyl halides is 10. The first kappa shape index (κ1) is 49.7. The number of hydrogen-bond acceptors (Lipinski definition) is 0. The van der Waals surface area contributed by atoms with Gasteiger partial charge in [-0.05, 0) is 0 Å². The van der Waals surface area contributed by atoms with Crippen LogP contribution in [0.15, 0.2) is 0 Å². The van der Waals surface area contributed by atoms with E-state index in [1.807, 2.05) is 0 Å². The molecule has 0 bridgehead atoms. The third-order valence-electron chi connectivity index (χ3n) is 1.52. The smallest absolute Gasteiger partial charge is 0.200 e. The third kappa shape index (κ3) is 31.6. The second-order valence-corrected chi connectivity index (χ2v) is 3.73. The summed E-state index contributed by atoms with van der Waals surface area (Å²) in [6, 6.07) is 0. The molecular formula is C15H36F10. The molecule has 0 aliphatic rings. The van der Waals surface area contributed by atoms with Gasteiger partial charge in [0.25, 0.3) is 0 Å². The van der Waals surface area contributed by atoms with Gasteiger partial charge in [-0.2, -0.15) is 43.9 Å². The maximum Gasteiger partial charge on any atom is 0.395 e. The van der Waals surface area contributed by atoms with Crippen LogP contribution in [-0.2, 0) is 0 Å². The summed E-state index contributed by atoms with van der Waals surface area (Å²) in [5, 5.41) is 0. The van der Waals surface area contributed by atoms with Crippen LogP contribution >= 0.6 is 0 Å². The van der Waals surface area contributed by atoms with E-state index in [2.05, 4.69) is 0 Å². The van der Waals surface area contributed by atoms with Crippen LogP contribution in [0.4, 0.5) is 43.9 Å². The van der Waals surface area contributed by atoms with Crippen molar-refractivity contribution in [3.8, 4) is 0 Å². The standard InChI is InChI=1S/C7H9F7.C2H3F3.6CH4/c1-2-3-5(8,9)6(10,11)4-7(12,13)14;1-2(3,4)5;;;;;;/h2-4H2,1H3;1H3;6*1H4. The Labute approximate surface area is 147 Å². The van der Waals surface area contributed by atoms with E-state index in [-0.39, 0.29) is 57.9 Å². The van der Waals surface area contributed by atoms with E-state index in [0.717, 1.165) is 0 Å². The van der Waals surface area contributed by atoms with Gasteiger partial charge in [-0.25, -0.2) is 0 Å². The van der Waals surface area contributed by atoms with Crippen molar-refractivity contribution in [2.24, 2.45) is 0 Å². The fourth-order valence-corrected chi connectivity index (χ4v) is 0.878. The highest BCUT2D eigenvalue weighted by molar-refractivity contribution is 4.86. The molecule has 0 N–H and O–H groups in total. The van der Waals surface area contributed by atoms with Crippen molar-refractivity contribution >= 4 is 0 Å². The maximum absolute atomic E-state index is 12.5. The predicted octanol–water partition coefficient (Wildman–Crippen LogP) is 9.39. The average molecular weight is 406 g/mol. The third-order valence-corrected chi connectivity index (χ3v) is 1.52. The molecule has 0 aromatic heterocycles. The van der Waals surface area contributed by atoms with E-state index in [1.165, 1.54) is 6.92 Å². The lowest BCUT2D eigenvalue weighted by atomic mass is 10.0. The monoisotopic (exact) mass is 406 g/mol. The van der Waals surface area contributed by atoms with Gasteiger partial charge in [0.1, 0.15) is 6.42 Å². The van der Waals surface area contributed by atoms with Crippen molar-refractivity contribution in [1.29, 1.82) is 0 Å². The van der Waals surface area contributed by atoms with E-state index in [0.29, 0.717) is 0 Å². The average Bonchev–Trinajstić information content (AvgIpc) is 1.94. The van der Waals surface area contributed by atoms with Gasteiger partial charge in [-0.1, -0.05) is 57.9 Å². The summed E-state index contributed by atoms with van der Waals surface area (Å²) in [7, 11) is 0. The summed E-state index contributed by atoms with van der Waals surface area (Å²) in [4.78, 5) is 0. The molecule has 0 rings (SSSR count). The van der Waals surface area contributed by atoms with Crippen molar-refractivity contribution in [2.75, 3.05) is 0 Å². The van der Waals surface area contributed by atoms with Gasteiger partial charge in [-0.3, -0.25) is 0 Å². The van der Waals surface area contributed by atoms with Crippen LogP contribution < -0.4 is 0 Å². The molecule has 0 aromatic carbocycles. The molecule has 0 saturated heterocycles. The predicted molar refractivity (Wildman–Crippen MR) is 87.6 cm³/mol. The SMILES string of the molecule is C.C.C.C.C.C.CC(F)(F)F.CCCC(F)(F)C(F)(F)CC(F)(F)F. The van der Waals surface area contributed by atoms with Crippen molar-refractivity contribution in [3.05, 3.63) is 0 Å². The quantitative estimate of drug-likeness (QED) is 0.408. The van der Waals surface area contributed by atoms with Crippen LogP contribution in [0.5, 0.6) is 0 Å². The van der Waals surface area contributed by atoms with Gasteiger partial charge < -0.3 is 0 Å². The topological polar surface area (TPSA) is 0 Å². The van der Waals surface area contributed by atoms with Crippen molar-refractivity contribution in [1.82, 2.24) is 0 Å². The minimum Gasteiger partial charge on any atom is -0.200 e. The Bertz CT molecular complexity index is 248. The van der Waals surface area contributed by atoms with Crippen LogP contribution in [0.25, 0.3) is 0 Å². The summed E-state index contributed by atoms with van der Waals surface area (Å²) in [5.74, 6) is -9.63. The molecule has 10 heteroatoms. The first-order valence-electron chi connectivity index (χ1n) is 4.91. The molecule has 0 aliphatic carbocycles. The van der Waals surface area contributed by atoms with Crippen LogP contribution in [0, 0.1) is 0 Å². The van der Waals surface area contributed by atoms with E-state index >= 15 is 0 Å². The molecule has 0 amide bonds. The number of halogens is 10. The Morgan fingerprint density at radius 1 is 0.560 bits per heavy atom. The fraction of sp³-hybridized carbons (Fsp3) is 1.00. The lowest BCUT2D eigenvalue weighted by Crippen LogP contribution is -2.43. The lowest BCUT2D eigenvalue weighted by Gasteiger charge is -2.26. The molecule has 166 valence electrons. The first-order valence-corrected chi connectivity index (χ1v) is 4.91. The van der Waals surface area contributed by atoms with Crippen LogP contribution in [0.3, 0.4) is 0 Å². The normalized spacial score (nSPS) is 10.6. The second kappa shape index (κ2) is 16.8. The summed E-state index contributed by atoms with van der Waals surface area (Å²) in [5.41, 5.74) is 0. The molecule has 0 aliphatic heterocycles. The Kier molecular flexibility index (Phi) is 33.3. The molecule has 25 heavy (non-hydrogen) atoms. The highest BCUT2D eigenvalue weighted by Crippen LogP contribution is 2.44. The Hall–Kier alpha value is -0.700. The van der Waals surface area contributed by atoms with Crippen LogP contribution in [0.1, 0.15) is 77.7 Å². The minimum absolute atomic E-state index is 0. The van der Waals surface area contributed by atoms with Gasteiger partial charge in [0.15, 0.2) is 0 Å². The molecule has 0 heterocycles. The summed E-state index contributed by atoms with van der Waals surface area (Å²) in [6.45, 7) is 1.38. The summed E-state index contributed by atoms with van der Waals surface area (Å²) < 4.78 is 115. The van der Waals surface area contributed by atoms with Crippen LogP contribution in [0.2, 0.25) is 0 Å². The molecule has 0 atom stereocenters. The Morgan fingerprint density at radius 3 is 0.960 bits per heavy atom. The summed E-state index contributed by atoms with van der Waals surface area (Å²) >= 11 is 0. The zero-order valence-electron chi connectivity index (χ0n) is 9.90. The van der Waals surface area contributed by atoms with Gasteiger partial charge in [0.2, 0.25) is 0 Å². The molecule has 0 spiro atoms. The molecule has 0 unspecified atom stereocenters. The van der Waals surface area contributed by atoms with E-state index in [9.17, 15) is 43.9 Å². The molecule has 0 saturated carbocycles. The molecule has 0 aromatic rings. The minimum atomic E-state index is -5.29. The lowest BCUT2D eigenvalue weighted by molar-refractivity contribution is -0.265. The van der Waals surface area contributed by atoms with Crippen molar-refractivity contribution < 1.29 is 43.9 Å². The zero-order chi connectivity index (χ0) is 16.1. The van der Waals surface area contributed by atoms with Crippen LogP contribution in [-0.4, -0.2) is 24.2 Å². The highest BCUT2D eigenvalue weighted by Gasteiger charge is 2.60. The Morgan fingerprint density at radius 2 is 0.800 bits per heavy atom. The molecule has 0 fully saturated rings.